The Labute approximate surface area is 78.8 Å². The molecular formula is C11H14NO. The van der Waals surface area contributed by atoms with E-state index in [1.54, 1.807) is 0 Å². The van der Waals surface area contributed by atoms with E-state index in [0.29, 0.717) is 0 Å². The Balaban J connectivity index is 1.92. The highest BCUT2D eigenvalue weighted by atomic mass is 16.3. The molecule has 0 saturated carbocycles. The topological polar surface area (TPSA) is 23.5 Å². The quantitative estimate of drug-likeness (QED) is 0.728. The van der Waals surface area contributed by atoms with Crippen molar-refractivity contribution in [2.24, 2.45) is 0 Å². The van der Waals surface area contributed by atoms with Crippen molar-refractivity contribution in [2.45, 2.75) is 19.1 Å². The fourth-order valence-corrected chi connectivity index (χ4v) is 1.73. The van der Waals surface area contributed by atoms with Gasteiger partial charge in [0.2, 0.25) is 0 Å². The summed E-state index contributed by atoms with van der Waals surface area (Å²) in [5.41, 5.74) is 1.21. The van der Waals surface area contributed by atoms with Crippen LogP contribution in [0.3, 0.4) is 0 Å². The lowest BCUT2D eigenvalue weighted by Gasteiger charge is -2.14. The molecule has 0 bridgehead atoms. The predicted octanol–water partition coefficient (Wildman–Crippen LogP) is 1.05. The van der Waals surface area contributed by atoms with Crippen molar-refractivity contribution in [2.75, 3.05) is 13.1 Å². The van der Waals surface area contributed by atoms with Crippen molar-refractivity contribution in [3.05, 3.63) is 35.9 Å². The van der Waals surface area contributed by atoms with Gasteiger partial charge in [0.15, 0.2) is 0 Å². The van der Waals surface area contributed by atoms with Crippen LogP contribution in [0.1, 0.15) is 12.0 Å². The largest absolute Gasteiger partial charge is 0.392 e. The van der Waals surface area contributed by atoms with Crippen molar-refractivity contribution in [3.63, 3.8) is 0 Å². The summed E-state index contributed by atoms with van der Waals surface area (Å²) in [6.45, 7) is 2.73. The van der Waals surface area contributed by atoms with Crippen LogP contribution >= 0.6 is 0 Å². The van der Waals surface area contributed by atoms with Crippen LogP contribution in [0.4, 0.5) is 0 Å². The molecule has 13 heavy (non-hydrogen) atoms. The molecule has 2 nitrogen and oxygen atoms in total. The number of aliphatic hydroxyl groups is 1. The molecule has 1 saturated heterocycles. The van der Waals surface area contributed by atoms with E-state index in [2.05, 4.69) is 17.0 Å². The highest BCUT2D eigenvalue weighted by Crippen LogP contribution is 2.12. The minimum absolute atomic E-state index is 0.122. The smallest absolute Gasteiger partial charge is 0.0679 e. The molecule has 1 heterocycles. The van der Waals surface area contributed by atoms with Crippen LogP contribution in [0.5, 0.6) is 0 Å². The maximum Gasteiger partial charge on any atom is 0.0679 e. The van der Waals surface area contributed by atoms with Gasteiger partial charge in [-0.05, 0) is 18.1 Å². The molecule has 1 fully saturated rings. The van der Waals surface area contributed by atoms with Crippen LogP contribution in [-0.2, 0) is 6.54 Å². The van der Waals surface area contributed by atoms with Crippen LogP contribution in [0.2, 0.25) is 0 Å². The van der Waals surface area contributed by atoms with Crippen molar-refractivity contribution in [1.82, 2.24) is 4.90 Å². The molecule has 2 heteroatoms. The number of hydrogen-bond donors (Lipinski definition) is 1. The highest BCUT2D eigenvalue weighted by molar-refractivity contribution is 5.13. The first-order valence-corrected chi connectivity index (χ1v) is 4.70. The van der Waals surface area contributed by atoms with E-state index in [1.165, 1.54) is 5.56 Å². The summed E-state index contributed by atoms with van der Waals surface area (Å²) in [7, 11) is 0. The molecule has 1 N–H and O–H groups in total. The Bertz CT molecular complexity index is 260. The lowest BCUT2D eigenvalue weighted by molar-refractivity contribution is 0.175. The molecule has 0 aliphatic carbocycles. The van der Waals surface area contributed by atoms with Gasteiger partial charge in [-0.1, -0.05) is 24.3 Å². The van der Waals surface area contributed by atoms with Gasteiger partial charge in [0.25, 0.3) is 0 Å². The van der Waals surface area contributed by atoms with E-state index in [9.17, 15) is 5.11 Å². The van der Waals surface area contributed by atoms with Gasteiger partial charge in [-0.15, -0.1) is 0 Å². The molecule has 2 rings (SSSR count). The summed E-state index contributed by atoms with van der Waals surface area (Å²) in [5.74, 6) is 0. The molecule has 1 aliphatic heterocycles. The summed E-state index contributed by atoms with van der Waals surface area (Å²) in [4.78, 5) is 2.26. The minimum atomic E-state index is -0.122. The molecule has 1 radical (unpaired) electrons. The Morgan fingerprint density at radius 2 is 2.46 bits per heavy atom. The third-order valence-electron chi connectivity index (χ3n) is 2.41. The van der Waals surface area contributed by atoms with E-state index in [1.807, 2.05) is 18.2 Å². The third kappa shape index (κ3) is 2.29. The van der Waals surface area contributed by atoms with Gasteiger partial charge >= 0.3 is 0 Å². The highest BCUT2D eigenvalue weighted by Gasteiger charge is 2.19. The number of aliphatic hydroxyl groups excluding tert-OH is 1. The van der Waals surface area contributed by atoms with Gasteiger partial charge in [0.1, 0.15) is 0 Å². The molecule has 0 amide bonds. The Morgan fingerprint density at radius 1 is 1.54 bits per heavy atom. The molecule has 1 aromatic rings. The van der Waals surface area contributed by atoms with Crippen LogP contribution in [0.15, 0.2) is 24.3 Å². The zero-order valence-electron chi connectivity index (χ0n) is 7.61. The number of rotatable bonds is 2. The zero-order valence-corrected chi connectivity index (χ0v) is 7.61. The molecule has 1 atom stereocenters. The van der Waals surface area contributed by atoms with Crippen LogP contribution < -0.4 is 0 Å². The van der Waals surface area contributed by atoms with E-state index in [-0.39, 0.29) is 6.10 Å². The van der Waals surface area contributed by atoms with Gasteiger partial charge in [-0.25, -0.2) is 0 Å². The van der Waals surface area contributed by atoms with Gasteiger partial charge in [0.05, 0.1) is 6.10 Å². The normalized spacial score (nSPS) is 23.6. The second-order valence-corrected chi connectivity index (χ2v) is 3.57. The monoisotopic (exact) mass is 176 g/mol. The fourth-order valence-electron chi connectivity index (χ4n) is 1.73. The third-order valence-corrected chi connectivity index (χ3v) is 2.41. The van der Waals surface area contributed by atoms with Gasteiger partial charge < -0.3 is 5.11 Å². The van der Waals surface area contributed by atoms with Crippen molar-refractivity contribution in [1.29, 1.82) is 0 Å². The van der Waals surface area contributed by atoms with Crippen molar-refractivity contribution < 1.29 is 5.11 Å². The van der Waals surface area contributed by atoms with Crippen LogP contribution in [0.25, 0.3) is 0 Å². The maximum atomic E-state index is 9.33. The fraction of sp³-hybridized carbons (Fsp3) is 0.455. The average molecular weight is 176 g/mol. The molecule has 0 aromatic heterocycles. The van der Waals surface area contributed by atoms with Crippen molar-refractivity contribution >= 4 is 0 Å². The van der Waals surface area contributed by atoms with E-state index in [4.69, 9.17) is 0 Å². The number of benzene rings is 1. The molecule has 1 aliphatic rings. The summed E-state index contributed by atoms with van der Waals surface area (Å²) < 4.78 is 0. The predicted molar refractivity (Wildman–Crippen MR) is 51.2 cm³/mol. The number of likely N-dealkylation sites (tertiary alicyclic amines) is 1. The molecule has 69 valence electrons. The SMILES string of the molecule is OC1CCN(Cc2[c]cccc2)C1. The summed E-state index contributed by atoms with van der Waals surface area (Å²) >= 11 is 0. The Hall–Kier alpha value is -0.860. The first kappa shape index (κ1) is 8.73. The second-order valence-electron chi connectivity index (χ2n) is 3.57. The first-order valence-electron chi connectivity index (χ1n) is 4.70. The van der Waals surface area contributed by atoms with Gasteiger partial charge in [0, 0.05) is 19.6 Å². The Kier molecular flexibility index (Phi) is 2.62. The summed E-state index contributed by atoms with van der Waals surface area (Å²) in [6, 6.07) is 11.2. The Morgan fingerprint density at radius 3 is 3.08 bits per heavy atom. The lowest BCUT2D eigenvalue weighted by Crippen LogP contribution is -2.21. The summed E-state index contributed by atoms with van der Waals surface area (Å²) in [6.07, 6.45) is 0.788. The maximum absolute atomic E-state index is 9.33. The number of hydrogen-bond acceptors (Lipinski definition) is 2. The van der Waals surface area contributed by atoms with E-state index < -0.39 is 0 Å². The minimum Gasteiger partial charge on any atom is -0.392 e. The van der Waals surface area contributed by atoms with Gasteiger partial charge in [-0.2, -0.15) is 0 Å². The van der Waals surface area contributed by atoms with E-state index >= 15 is 0 Å². The number of β-amino-alcohol motifs (C(OH)–C–C–N with tert-alkyl or cyclic N) is 1. The molecule has 0 spiro atoms. The standard InChI is InChI=1S/C11H14NO/c13-11-6-7-12(9-11)8-10-4-2-1-3-5-10/h1-4,11,13H,6-9H2. The summed E-state index contributed by atoms with van der Waals surface area (Å²) in [5, 5.41) is 9.33. The van der Waals surface area contributed by atoms with Crippen LogP contribution in [-0.4, -0.2) is 29.2 Å². The van der Waals surface area contributed by atoms with Crippen molar-refractivity contribution in [3.8, 4) is 0 Å². The average Bonchev–Trinajstić information content (AvgIpc) is 2.53. The number of nitrogens with zero attached hydrogens (tertiary/aromatic N) is 1. The lowest BCUT2D eigenvalue weighted by atomic mass is 10.2. The van der Waals surface area contributed by atoms with Crippen LogP contribution in [0, 0.1) is 6.07 Å². The molecule has 1 aromatic carbocycles. The molecule has 1 unspecified atom stereocenters. The molecular weight excluding hydrogens is 162 g/mol. The van der Waals surface area contributed by atoms with Gasteiger partial charge in [-0.3, -0.25) is 4.90 Å². The second kappa shape index (κ2) is 3.90. The first-order chi connectivity index (χ1) is 6.34. The van der Waals surface area contributed by atoms with E-state index in [0.717, 1.165) is 26.1 Å². The zero-order chi connectivity index (χ0) is 9.10.